The van der Waals surface area contributed by atoms with E-state index in [1.165, 1.54) is 24.3 Å². The molecule has 0 unspecified atom stereocenters. The molecule has 0 aliphatic carbocycles. The van der Waals surface area contributed by atoms with Crippen molar-refractivity contribution >= 4 is 29.0 Å². The number of hydrogen-bond acceptors (Lipinski definition) is 4. The molecule has 0 spiro atoms. The molecule has 33 heavy (non-hydrogen) atoms. The van der Waals surface area contributed by atoms with Gasteiger partial charge in [-0.2, -0.15) is 0 Å². The first-order valence-electron chi connectivity index (χ1n) is 10.2. The molecule has 4 aromatic rings. The van der Waals surface area contributed by atoms with Crippen molar-refractivity contribution in [2.24, 2.45) is 0 Å². The summed E-state index contributed by atoms with van der Waals surface area (Å²) in [6.45, 7) is 0. The zero-order chi connectivity index (χ0) is 22.9. The van der Waals surface area contributed by atoms with E-state index < -0.39 is 5.97 Å². The zero-order valence-electron chi connectivity index (χ0n) is 17.2. The molecule has 2 atom stereocenters. The lowest BCUT2D eigenvalue weighted by Gasteiger charge is -2.26. The minimum absolute atomic E-state index is 0.202. The second kappa shape index (κ2) is 8.48. The summed E-state index contributed by atoms with van der Waals surface area (Å²) in [4.78, 5) is 17.5. The Bertz CT molecular complexity index is 1310. The first kappa shape index (κ1) is 20.8. The Kier molecular flexibility index (Phi) is 5.35. The molecular formula is C25H18FN3O3S. The first-order chi connectivity index (χ1) is 16.0. The van der Waals surface area contributed by atoms with E-state index in [2.05, 4.69) is 10.3 Å². The summed E-state index contributed by atoms with van der Waals surface area (Å²) in [5.74, 6) is -0.0849. The van der Waals surface area contributed by atoms with Crippen molar-refractivity contribution in [3.8, 4) is 11.3 Å². The van der Waals surface area contributed by atoms with Crippen molar-refractivity contribution < 1.29 is 18.7 Å². The molecule has 164 valence electrons. The summed E-state index contributed by atoms with van der Waals surface area (Å²) >= 11 is 5.64. The van der Waals surface area contributed by atoms with Crippen LogP contribution in [0.3, 0.4) is 0 Å². The predicted octanol–water partition coefficient (Wildman–Crippen LogP) is 5.36. The SMILES string of the molecule is O=C(O)c1ccc(-c2ccc([C@H]3[C@H](c4ccccn4)NC(=S)N3c3ccc(F)cc3)o2)cc1. The van der Waals surface area contributed by atoms with Crippen molar-refractivity contribution in [2.75, 3.05) is 4.90 Å². The maximum atomic E-state index is 13.6. The molecule has 6 nitrogen and oxygen atoms in total. The van der Waals surface area contributed by atoms with Crippen LogP contribution in [0.4, 0.5) is 10.1 Å². The van der Waals surface area contributed by atoms with Crippen LogP contribution >= 0.6 is 12.2 Å². The number of furan rings is 1. The van der Waals surface area contributed by atoms with E-state index in [0.717, 1.165) is 16.9 Å². The largest absolute Gasteiger partial charge is 0.478 e. The highest BCUT2D eigenvalue weighted by Crippen LogP contribution is 2.42. The van der Waals surface area contributed by atoms with E-state index >= 15 is 0 Å². The number of carboxylic acid groups (broad SMARTS) is 1. The van der Waals surface area contributed by atoms with Gasteiger partial charge in [0.15, 0.2) is 5.11 Å². The highest BCUT2D eigenvalue weighted by Gasteiger charge is 2.42. The third-order valence-electron chi connectivity index (χ3n) is 5.54. The van der Waals surface area contributed by atoms with Gasteiger partial charge in [-0.1, -0.05) is 18.2 Å². The van der Waals surface area contributed by atoms with Crippen LogP contribution in [0.2, 0.25) is 0 Å². The van der Waals surface area contributed by atoms with Gasteiger partial charge in [-0.25, -0.2) is 9.18 Å². The third-order valence-corrected chi connectivity index (χ3v) is 5.85. The Morgan fingerprint density at radius 2 is 1.79 bits per heavy atom. The molecule has 8 heteroatoms. The van der Waals surface area contributed by atoms with Crippen LogP contribution in [-0.2, 0) is 0 Å². The van der Waals surface area contributed by atoms with Gasteiger partial charge >= 0.3 is 5.97 Å². The number of hydrogen-bond donors (Lipinski definition) is 2. The molecular weight excluding hydrogens is 441 g/mol. The Hall–Kier alpha value is -4.04. The van der Waals surface area contributed by atoms with Crippen LogP contribution < -0.4 is 10.2 Å². The lowest BCUT2D eigenvalue weighted by Crippen LogP contribution is -2.29. The third kappa shape index (κ3) is 3.96. The fourth-order valence-corrected chi connectivity index (χ4v) is 4.31. The van der Waals surface area contributed by atoms with E-state index in [-0.39, 0.29) is 23.5 Å². The highest BCUT2D eigenvalue weighted by atomic mass is 32.1. The summed E-state index contributed by atoms with van der Waals surface area (Å²) in [7, 11) is 0. The number of carboxylic acids is 1. The number of aromatic nitrogens is 1. The number of thiocarbonyl (C=S) groups is 1. The molecule has 1 fully saturated rings. The smallest absolute Gasteiger partial charge is 0.335 e. The minimum Gasteiger partial charge on any atom is -0.478 e. The first-order valence-corrected chi connectivity index (χ1v) is 10.6. The monoisotopic (exact) mass is 459 g/mol. The summed E-state index contributed by atoms with van der Waals surface area (Å²) in [5.41, 5.74) is 2.47. The van der Waals surface area contributed by atoms with Crippen LogP contribution in [0.5, 0.6) is 0 Å². The molecule has 3 heterocycles. The lowest BCUT2D eigenvalue weighted by atomic mass is 10.0. The number of benzene rings is 2. The summed E-state index contributed by atoms with van der Waals surface area (Å²) < 4.78 is 19.8. The van der Waals surface area contributed by atoms with Crippen LogP contribution in [0.15, 0.2) is 89.5 Å². The molecule has 0 saturated carbocycles. The van der Waals surface area contributed by atoms with E-state index in [1.807, 2.05) is 35.2 Å². The van der Waals surface area contributed by atoms with Crippen molar-refractivity contribution in [2.45, 2.75) is 12.1 Å². The number of pyridine rings is 1. The molecule has 2 aromatic carbocycles. The van der Waals surface area contributed by atoms with E-state index in [1.54, 1.807) is 30.5 Å². The fraction of sp³-hybridized carbons (Fsp3) is 0.0800. The van der Waals surface area contributed by atoms with E-state index in [0.29, 0.717) is 16.6 Å². The average molecular weight is 460 g/mol. The Labute approximate surface area is 194 Å². The molecule has 2 N–H and O–H groups in total. The van der Waals surface area contributed by atoms with Gasteiger partial charge in [-0.3, -0.25) is 4.98 Å². The molecule has 0 bridgehead atoms. The van der Waals surface area contributed by atoms with Crippen LogP contribution in [-0.4, -0.2) is 21.2 Å². The maximum Gasteiger partial charge on any atom is 0.335 e. The average Bonchev–Trinajstić information content (AvgIpc) is 3.45. The van der Waals surface area contributed by atoms with Gasteiger partial charge in [0.2, 0.25) is 0 Å². The highest BCUT2D eigenvalue weighted by molar-refractivity contribution is 7.80. The van der Waals surface area contributed by atoms with Gasteiger partial charge in [-0.15, -0.1) is 0 Å². The molecule has 1 aliphatic rings. The Balaban J connectivity index is 1.56. The van der Waals surface area contributed by atoms with Crippen molar-refractivity contribution in [3.63, 3.8) is 0 Å². The van der Waals surface area contributed by atoms with E-state index in [4.69, 9.17) is 21.7 Å². The van der Waals surface area contributed by atoms with Gasteiger partial charge in [0.1, 0.15) is 23.4 Å². The summed E-state index contributed by atoms with van der Waals surface area (Å²) in [6.07, 6.45) is 1.72. The number of halogens is 1. The number of carbonyl (C=O) groups is 1. The van der Waals surface area contributed by atoms with Crippen molar-refractivity contribution in [3.05, 3.63) is 108 Å². The Morgan fingerprint density at radius 3 is 2.45 bits per heavy atom. The Morgan fingerprint density at radius 1 is 1.03 bits per heavy atom. The summed E-state index contributed by atoms with van der Waals surface area (Å²) in [5, 5.41) is 12.9. The minimum atomic E-state index is -0.986. The molecule has 1 saturated heterocycles. The molecule has 5 rings (SSSR count). The molecule has 1 aliphatic heterocycles. The molecule has 0 radical (unpaired) electrons. The number of anilines is 1. The molecule has 2 aromatic heterocycles. The quantitative estimate of drug-likeness (QED) is 0.389. The summed E-state index contributed by atoms with van der Waals surface area (Å²) in [6, 6.07) is 21.3. The lowest BCUT2D eigenvalue weighted by molar-refractivity contribution is 0.0697. The van der Waals surface area contributed by atoms with Gasteiger partial charge in [-0.05, 0) is 72.9 Å². The second-order valence-corrected chi connectivity index (χ2v) is 7.94. The number of aromatic carboxylic acids is 1. The van der Waals surface area contributed by atoms with Gasteiger partial charge in [0.05, 0.1) is 17.3 Å². The number of nitrogens with zero attached hydrogens (tertiary/aromatic N) is 2. The van der Waals surface area contributed by atoms with E-state index in [9.17, 15) is 9.18 Å². The van der Waals surface area contributed by atoms with Crippen molar-refractivity contribution in [1.29, 1.82) is 0 Å². The second-order valence-electron chi connectivity index (χ2n) is 7.56. The van der Waals surface area contributed by atoms with Crippen LogP contribution in [0.1, 0.15) is 33.9 Å². The van der Waals surface area contributed by atoms with Crippen LogP contribution in [0, 0.1) is 5.82 Å². The number of nitrogens with one attached hydrogen (secondary N) is 1. The zero-order valence-corrected chi connectivity index (χ0v) is 18.0. The van der Waals surface area contributed by atoms with Gasteiger partial charge in [0, 0.05) is 17.4 Å². The van der Waals surface area contributed by atoms with Gasteiger partial charge in [0.25, 0.3) is 0 Å². The predicted molar refractivity (Wildman–Crippen MR) is 125 cm³/mol. The van der Waals surface area contributed by atoms with Gasteiger partial charge < -0.3 is 19.7 Å². The molecule has 0 amide bonds. The standard InChI is InChI=1S/C25H18FN3O3S/c26-17-8-10-18(11-9-17)29-23(22(28-25(29)33)19-3-1-2-14-27-19)21-13-12-20(32-21)15-4-6-16(7-5-15)24(30)31/h1-14,22-23H,(H,28,33)(H,30,31)/t22-,23-/m0/s1. The van der Waals surface area contributed by atoms with Crippen molar-refractivity contribution in [1.82, 2.24) is 10.3 Å². The van der Waals surface area contributed by atoms with Crippen LogP contribution in [0.25, 0.3) is 11.3 Å². The fourth-order valence-electron chi connectivity index (χ4n) is 3.97. The topological polar surface area (TPSA) is 78.6 Å². The number of rotatable bonds is 5. The normalized spacial score (nSPS) is 17.7. The maximum absolute atomic E-state index is 13.6.